The van der Waals surface area contributed by atoms with E-state index in [1.165, 1.54) is 6.07 Å². The van der Waals surface area contributed by atoms with Gasteiger partial charge in [-0.1, -0.05) is 6.92 Å². The van der Waals surface area contributed by atoms with Crippen molar-refractivity contribution in [3.05, 3.63) is 39.7 Å². The summed E-state index contributed by atoms with van der Waals surface area (Å²) in [5.74, 6) is 0.108. The number of benzene rings is 1. The largest absolute Gasteiger partial charge is 0.481 e. The average Bonchev–Trinajstić information content (AvgIpc) is 2.44. The Hall–Kier alpha value is -2.30. The second-order valence-corrected chi connectivity index (χ2v) is 4.65. The standard InChI is InChI=1S/C16H18O5/c1-4-11-7-12-10(3)6-15(17)21-14(12)8-13(11)20-9-16(18)19-5-2/h6-8H,4-5,9H2,1-3H3. The normalized spacial score (nSPS) is 10.6. The van der Waals surface area contributed by atoms with Crippen molar-refractivity contribution >= 4 is 16.9 Å². The molecule has 2 aromatic rings. The van der Waals surface area contributed by atoms with E-state index in [1.807, 2.05) is 19.9 Å². The van der Waals surface area contributed by atoms with Gasteiger partial charge in [0.15, 0.2) is 6.61 Å². The van der Waals surface area contributed by atoms with Gasteiger partial charge in [0.2, 0.25) is 0 Å². The van der Waals surface area contributed by atoms with Crippen molar-refractivity contribution in [1.29, 1.82) is 0 Å². The Morgan fingerprint density at radius 1 is 1.24 bits per heavy atom. The van der Waals surface area contributed by atoms with Crippen molar-refractivity contribution in [2.75, 3.05) is 13.2 Å². The highest BCUT2D eigenvalue weighted by atomic mass is 16.6. The van der Waals surface area contributed by atoms with Crippen molar-refractivity contribution in [2.45, 2.75) is 27.2 Å². The molecule has 2 rings (SSSR count). The lowest BCUT2D eigenvalue weighted by molar-refractivity contribution is -0.145. The lowest BCUT2D eigenvalue weighted by atomic mass is 10.1. The summed E-state index contributed by atoms with van der Waals surface area (Å²) < 4.78 is 15.5. The van der Waals surface area contributed by atoms with Gasteiger partial charge in [0, 0.05) is 17.5 Å². The first kappa shape index (κ1) is 15.1. The van der Waals surface area contributed by atoms with Crippen molar-refractivity contribution in [3.8, 4) is 5.75 Å². The zero-order chi connectivity index (χ0) is 15.4. The van der Waals surface area contributed by atoms with E-state index in [1.54, 1.807) is 13.0 Å². The molecular formula is C16H18O5. The predicted octanol–water partition coefficient (Wildman–Crippen LogP) is 2.61. The molecule has 5 heteroatoms. The van der Waals surface area contributed by atoms with Gasteiger partial charge in [-0.25, -0.2) is 9.59 Å². The Morgan fingerprint density at radius 2 is 2.00 bits per heavy atom. The van der Waals surface area contributed by atoms with Crippen LogP contribution in [0.3, 0.4) is 0 Å². The summed E-state index contributed by atoms with van der Waals surface area (Å²) in [7, 11) is 0. The maximum Gasteiger partial charge on any atom is 0.344 e. The van der Waals surface area contributed by atoms with Gasteiger partial charge in [-0.05, 0) is 37.5 Å². The van der Waals surface area contributed by atoms with E-state index in [0.717, 1.165) is 22.9 Å². The zero-order valence-corrected chi connectivity index (χ0v) is 12.4. The molecule has 0 aliphatic carbocycles. The Kier molecular flexibility index (Phi) is 4.62. The Bertz CT molecular complexity index is 714. The SMILES string of the molecule is CCOC(=O)COc1cc2oc(=O)cc(C)c2cc1CC. The molecule has 0 unspecified atom stereocenters. The molecule has 1 aromatic carbocycles. The Balaban J connectivity index is 2.38. The topological polar surface area (TPSA) is 65.7 Å². The third kappa shape index (κ3) is 3.42. The maximum atomic E-state index is 11.4. The van der Waals surface area contributed by atoms with Gasteiger partial charge in [-0.2, -0.15) is 0 Å². The lowest BCUT2D eigenvalue weighted by Gasteiger charge is -2.11. The third-order valence-corrected chi connectivity index (χ3v) is 3.16. The summed E-state index contributed by atoms with van der Waals surface area (Å²) in [6, 6.07) is 5.04. The summed E-state index contributed by atoms with van der Waals surface area (Å²) in [4.78, 5) is 22.8. The third-order valence-electron chi connectivity index (χ3n) is 3.16. The molecule has 112 valence electrons. The minimum atomic E-state index is -0.426. The monoisotopic (exact) mass is 290 g/mol. The molecule has 0 saturated heterocycles. The summed E-state index contributed by atoms with van der Waals surface area (Å²) >= 11 is 0. The van der Waals surface area contributed by atoms with Crippen LogP contribution in [0.4, 0.5) is 0 Å². The number of fused-ring (bicyclic) bond motifs is 1. The highest BCUT2D eigenvalue weighted by Crippen LogP contribution is 2.27. The van der Waals surface area contributed by atoms with Gasteiger partial charge in [-0.15, -0.1) is 0 Å². The van der Waals surface area contributed by atoms with Crippen LogP contribution in [0.1, 0.15) is 25.0 Å². The molecule has 0 amide bonds. The summed E-state index contributed by atoms with van der Waals surface area (Å²) in [5.41, 5.74) is 1.85. The zero-order valence-electron chi connectivity index (χ0n) is 12.4. The molecule has 0 bridgehead atoms. The van der Waals surface area contributed by atoms with Crippen LogP contribution in [0.5, 0.6) is 5.75 Å². The van der Waals surface area contributed by atoms with E-state index in [2.05, 4.69) is 0 Å². The number of hydrogen-bond donors (Lipinski definition) is 0. The molecule has 5 nitrogen and oxygen atoms in total. The lowest BCUT2D eigenvalue weighted by Crippen LogP contribution is -2.15. The quantitative estimate of drug-likeness (QED) is 0.625. The Morgan fingerprint density at radius 3 is 2.67 bits per heavy atom. The molecule has 1 heterocycles. The number of esters is 1. The molecule has 1 aromatic heterocycles. The van der Waals surface area contributed by atoms with E-state index >= 15 is 0 Å². The number of rotatable bonds is 5. The predicted molar refractivity (Wildman–Crippen MR) is 78.7 cm³/mol. The first-order valence-electron chi connectivity index (χ1n) is 6.91. The van der Waals surface area contributed by atoms with Gasteiger partial charge in [-0.3, -0.25) is 0 Å². The van der Waals surface area contributed by atoms with E-state index in [0.29, 0.717) is 17.9 Å². The smallest absolute Gasteiger partial charge is 0.344 e. The van der Waals surface area contributed by atoms with Crippen LogP contribution in [0.15, 0.2) is 27.4 Å². The molecule has 0 aliphatic heterocycles. The minimum absolute atomic E-state index is 0.164. The van der Waals surface area contributed by atoms with Crippen LogP contribution >= 0.6 is 0 Å². The van der Waals surface area contributed by atoms with Crippen molar-refractivity contribution in [1.82, 2.24) is 0 Å². The maximum absolute atomic E-state index is 11.4. The molecule has 0 N–H and O–H groups in total. The number of carbonyl (C=O) groups is 1. The van der Waals surface area contributed by atoms with Crippen molar-refractivity contribution in [3.63, 3.8) is 0 Å². The van der Waals surface area contributed by atoms with E-state index < -0.39 is 11.6 Å². The second kappa shape index (κ2) is 6.43. The number of carbonyl (C=O) groups excluding carboxylic acids is 1. The fourth-order valence-electron chi connectivity index (χ4n) is 2.14. The molecule has 0 atom stereocenters. The molecular weight excluding hydrogens is 272 g/mol. The number of aryl methyl sites for hydroxylation is 2. The molecule has 0 spiro atoms. The summed E-state index contributed by atoms with van der Waals surface area (Å²) in [6.45, 7) is 5.74. The average molecular weight is 290 g/mol. The van der Waals surface area contributed by atoms with Crippen LogP contribution in [0, 0.1) is 6.92 Å². The van der Waals surface area contributed by atoms with Crippen LogP contribution in [-0.4, -0.2) is 19.2 Å². The van der Waals surface area contributed by atoms with Crippen molar-refractivity contribution < 1.29 is 18.7 Å². The minimum Gasteiger partial charge on any atom is -0.481 e. The van der Waals surface area contributed by atoms with Gasteiger partial charge in [0.1, 0.15) is 11.3 Å². The van der Waals surface area contributed by atoms with Gasteiger partial charge in [0.25, 0.3) is 0 Å². The molecule has 0 fully saturated rings. The van der Waals surface area contributed by atoms with Crippen molar-refractivity contribution in [2.24, 2.45) is 0 Å². The van der Waals surface area contributed by atoms with E-state index in [9.17, 15) is 9.59 Å². The van der Waals surface area contributed by atoms with Crippen LogP contribution in [0.25, 0.3) is 11.0 Å². The molecule has 0 saturated carbocycles. The molecule has 0 radical (unpaired) electrons. The highest BCUT2D eigenvalue weighted by molar-refractivity contribution is 5.82. The molecule has 21 heavy (non-hydrogen) atoms. The van der Waals surface area contributed by atoms with E-state index in [-0.39, 0.29) is 6.61 Å². The number of ether oxygens (including phenoxy) is 2. The summed E-state index contributed by atoms with van der Waals surface area (Å²) in [5, 5.41) is 0.870. The summed E-state index contributed by atoms with van der Waals surface area (Å²) in [6.07, 6.45) is 0.743. The van der Waals surface area contributed by atoms with E-state index in [4.69, 9.17) is 13.9 Å². The Labute approximate surface area is 122 Å². The first-order valence-corrected chi connectivity index (χ1v) is 6.91. The van der Waals surface area contributed by atoms with Gasteiger partial charge in [0.05, 0.1) is 6.61 Å². The fourth-order valence-corrected chi connectivity index (χ4v) is 2.14. The van der Waals surface area contributed by atoms with Crippen LogP contribution < -0.4 is 10.4 Å². The number of hydrogen-bond acceptors (Lipinski definition) is 5. The highest BCUT2D eigenvalue weighted by Gasteiger charge is 2.11. The first-order chi connectivity index (χ1) is 10.0. The molecule has 0 aliphatic rings. The fraction of sp³-hybridized carbons (Fsp3) is 0.375. The van der Waals surface area contributed by atoms with Crippen LogP contribution in [-0.2, 0) is 16.0 Å². The second-order valence-electron chi connectivity index (χ2n) is 4.65. The van der Waals surface area contributed by atoms with Gasteiger partial charge < -0.3 is 13.9 Å². The van der Waals surface area contributed by atoms with Gasteiger partial charge >= 0.3 is 11.6 Å². The van der Waals surface area contributed by atoms with Crippen LogP contribution in [0.2, 0.25) is 0 Å².